The first-order chi connectivity index (χ1) is 36.6. The molecule has 0 bridgehead atoms. The molecule has 8 atom stereocenters. The minimum absolute atomic E-state index is 0.0263. The minimum Gasteiger partial charge on any atom is -0.370 e. The van der Waals surface area contributed by atoms with Crippen molar-refractivity contribution in [1.82, 2.24) is 42.1 Å². The number of thioether (sulfide) groups is 1. The first kappa shape index (κ1) is 64.2. The molecule has 24 nitrogen and oxygen atoms in total. The number of rotatable bonds is 35. The average molecular weight is 1090 g/mol. The summed E-state index contributed by atoms with van der Waals surface area (Å²) in [6.45, 7) is 3.57. The topological polar surface area (TPSA) is 405 Å². The van der Waals surface area contributed by atoms with Gasteiger partial charge in [-0.05, 0) is 93.4 Å². The molecule has 11 amide bonds. The average Bonchev–Trinajstić information content (AvgIpc) is 3.89. The molecule has 1 aliphatic rings. The van der Waals surface area contributed by atoms with Gasteiger partial charge in [-0.2, -0.15) is 11.8 Å². The summed E-state index contributed by atoms with van der Waals surface area (Å²) < 4.78 is 0. The van der Waals surface area contributed by atoms with Crippen LogP contribution in [0, 0.1) is 5.92 Å². The van der Waals surface area contributed by atoms with Crippen molar-refractivity contribution in [3.63, 3.8) is 0 Å². The number of amides is 11. The molecule has 0 aromatic heterocycles. The van der Waals surface area contributed by atoms with Crippen molar-refractivity contribution in [3.05, 3.63) is 71.8 Å². The molecule has 1 aliphatic heterocycles. The van der Waals surface area contributed by atoms with Crippen LogP contribution in [0.4, 0.5) is 0 Å². The zero-order chi connectivity index (χ0) is 57.0. The third-order valence-corrected chi connectivity index (χ3v) is 13.3. The Labute approximate surface area is 453 Å². The Kier molecular flexibility index (Phi) is 28.2. The molecule has 3 rings (SSSR count). The van der Waals surface area contributed by atoms with E-state index in [1.807, 2.05) is 20.1 Å². The Morgan fingerprint density at radius 3 is 1.66 bits per heavy atom. The summed E-state index contributed by atoms with van der Waals surface area (Å²) in [5.41, 5.74) is 29.3. The summed E-state index contributed by atoms with van der Waals surface area (Å²) in [7, 11) is 0. The lowest BCUT2D eigenvalue weighted by Crippen LogP contribution is -2.60. The number of likely N-dealkylation sites (tertiary alicyclic amines) is 1. The Bertz CT molecular complexity index is 2310. The summed E-state index contributed by atoms with van der Waals surface area (Å²) in [6.07, 6.45) is 2.67. The zero-order valence-corrected chi connectivity index (χ0v) is 45.0. The van der Waals surface area contributed by atoms with Gasteiger partial charge in [-0.15, -0.1) is 0 Å². The lowest BCUT2D eigenvalue weighted by Gasteiger charge is -2.30. The summed E-state index contributed by atoms with van der Waals surface area (Å²) in [5, 5.41) is 18.4. The molecule has 25 heteroatoms. The first-order valence-electron chi connectivity index (χ1n) is 25.9. The second-order valence-corrected chi connectivity index (χ2v) is 20.4. The molecule has 424 valence electrons. The van der Waals surface area contributed by atoms with Gasteiger partial charge in [0.25, 0.3) is 0 Å². The number of hydrogen-bond donors (Lipinski definition) is 12. The van der Waals surface area contributed by atoms with Crippen molar-refractivity contribution < 1.29 is 52.7 Å². The van der Waals surface area contributed by atoms with Gasteiger partial charge in [0.05, 0.1) is 12.6 Å². The van der Waals surface area contributed by atoms with Crippen molar-refractivity contribution in [3.8, 4) is 0 Å². The number of hydrogen-bond acceptors (Lipinski definition) is 14. The maximum absolute atomic E-state index is 14.5. The van der Waals surface area contributed by atoms with E-state index in [4.69, 9.17) is 28.7 Å². The van der Waals surface area contributed by atoms with E-state index in [-0.39, 0.29) is 63.8 Å². The van der Waals surface area contributed by atoms with Gasteiger partial charge in [-0.1, -0.05) is 74.5 Å². The Balaban J connectivity index is 1.90. The van der Waals surface area contributed by atoms with E-state index in [9.17, 15) is 52.7 Å². The molecular weight excluding hydrogens is 1010 g/mol. The number of carbonyl (C=O) groups excluding carboxylic acids is 11. The molecule has 0 spiro atoms. The predicted octanol–water partition coefficient (Wildman–Crippen LogP) is -2.24. The second kappa shape index (κ2) is 33.8. The quantitative estimate of drug-likeness (QED) is 0.0325. The van der Waals surface area contributed by atoms with Crippen LogP contribution in [-0.4, -0.2) is 150 Å². The number of carbonyl (C=O) groups is 11. The number of benzene rings is 2. The molecule has 2 aromatic rings. The lowest BCUT2D eigenvalue weighted by molar-refractivity contribution is -0.142. The van der Waals surface area contributed by atoms with Crippen LogP contribution in [0.5, 0.6) is 0 Å². The fourth-order valence-corrected chi connectivity index (χ4v) is 8.97. The van der Waals surface area contributed by atoms with Crippen molar-refractivity contribution >= 4 is 76.7 Å². The number of unbranched alkanes of at least 4 members (excludes halogenated alkanes) is 1. The van der Waals surface area contributed by atoms with Crippen LogP contribution in [-0.2, 0) is 65.6 Å². The van der Waals surface area contributed by atoms with Crippen molar-refractivity contribution in [2.24, 2.45) is 34.6 Å². The van der Waals surface area contributed by atoms with Gasteiger partial charge in [0.1, 0.15) is 42.3 Å². The Hall–Kier alpha value is -7.12. The van der Waals surface area contributed by atoms with Gasteiger partial charge in [0, 0.05) is 32.2 Å². The van der Waals surface area contributed by atoms with Gasteiger partial charge in [-0.25, -0.2) is 0 Å². The molecule has 0 radical (unpaired) electrons. The van der Waals surface area contributed by atoms with E-state index in [2.05, 4.69) is 37.2 Å². The molecule has 17 N–H and O–H groups in total. The minimum atomic E-state index is -1.57. The summed E-state index contributed by atoms with van der Waals surface area (Å²) in [5.74, 6) is -7.89. The molecule has 1 saturated heterocycles. The van der Waals surface area contributed by atoms with Gasteiger partial charge in [0.15, 0.2) is 0 Å². The molecular formula is C52H79N13O11S. The maximum atomic E-state index is 14.5. The summed E-state index contributed by atoms with van der Waals surface area (Å²) >= 11 is 1.52. The van der Waals surface area contributed by atoms with Crippen LogP contribution in [0.25, 0.3) is 0 Å². The van der Waals surface area contributed by atoms with Gasteiger partial charge >= 0.3 is 0 Å². The van der Waals surface area contributed by atoms with Crippen LogP contribution in [0.2, 0.25) is 0 Å². The van der Waals surface area contributed by atoms with E-state index in [1.165, 1.54) is 16.7 Å². The van der Waals surface area contributed by atoms with E-state index < -0.39 is 126 Å². The summed E-state index contributed by atoms with van der Waals surface area (Å²) in [6, 6.07) is 7.38. The third-order valence-electron chi connectivity index (χ3n) is 12.6. The Morgan fingerprint density at radius 2 is 1.13 bits per heavy atom. The van der Waals surface area contributed by atoms with E-state index >= 15 is 0 Å². The SMILES string of the molecule is CSCC[C@H](N)C(=O)N[C@@H](CC(C)C)C(=O)NCC(=O)N[C@@H](Cc1ccccc1)C(=O)N[C@@H](Cc1ccccc1)C(=O)N[C@@H](CCC(N)=O)C(=O)N[C@@H](CCC(N)=O)C(=O)N1CCC[C@H]1C(=O)N[C@@H](CCCCN)C(N)=O. The molecule has 0 saturated carbocycles. The van der Waals surface area contributed by atoms with Gasteiger partial charge in [0.2, 0.25) is 65.0 Å². The van der Waals surface area contributed by atoms with Crippen LogP contribution in [0.15, 0.2) is 60.7 Å². The molecule has 0 unspecified atom stereocenters. The number of nitrogens with two attached hydrogens (primary N) is 5. The van der Waals surface area contributed by atoms with Crippen LogP contribution >= 0.6 is 11.8 Å². The monoisotopic (exact) mass is 1090 g/mol. The predicted molar refractivity (Wildman–Crippen MR) is 289 cm³/mol. The highest BCUT2D eigenvalue weighted by Gasteiger charge is 2.40. The number of nitrogens with zero attached hydrogens (tertiary/aromatic N) is 1. The van der Waals surface area contributed by atoms with Crippen molar-refractivity contribution in [2.45, 2.75) is 146 Å². The first-order valence-corrected chi connectivity index (χ1v) is 27.3. The zero-order valence-electron chi connectivity index (χ0n) is 44.2. The maximum Gasteiger partial charge on any atom is 0.245 e. The molecule has 1 fully saturated rings. The molecule has 2 aromatic carbocycles. The highest BCUT2D eigenvalue weighted by Crippen LogP contribution is 2.21. The lowest BCUT2D eigenvalue weighted by atomic mass is 10.0. The second-order valence-electron chi connectivity index (χ2n) is 19.4. The summed E-state index contributed by atoms with van der Waals surface area (Å²) in [4.78, 5) is 149. The van der Waals surface area contributed by atoms with E-state index in [0.717, 1.165) is 0 Å². The molecule has 0 aliphatic carbocycles. The highest BCUT2D eigenvalue weighted by atomic mass is 32.2. The highest BCUT2D eigenvalue weighted by molar-refractivity contribution is 7.98. The van der Waals surface area contributed by atoms with Crippen LogP contribution in [0.1, 0.15) is 95.6 Å². The largest absolute Gasteiger partial charge is 0.370 e. The third kappa shape index (κ3) is 23.3. The van der Waals surface area contributed by atoms with Gasteiger partial charge < -0.3 is 70.8 Å². The van der Waals surface area contributed by atoms with Gasteiger partial charge in [-0.3, -0.25) is 52.7 Å². The van der Waals surface area contributed by atoms with E-state index in [1.54, 1.807) is 60.7 Å². The van der Waals surface area contributed by atoms with Crippen LogP contribution in [0.3, 0.4) is 0 Å². The van der Waals surface area contributed by atoms with Crippen LogP contribution < -0.4 is 65.9 Å². The smallest absolute Gasteiger partial charge is 0.245 e. The van der Waals surface area contributed by atoms with Crippen molar-refractivity contribution in [1.29, 1.82) is 0 Å². The molecule has 1 heterocycles. The molecule has 77 heavy (non-hydrogen) atoms. The fourth-order valence-electron chi connectivity index (χ4n) is 8.48. The Morgan fingerprint density at radius 1 is 0.610 bits per heavy atom. The number of primary amides is 3. The number of nitrogens with one attached hydrogen (secondary N) is 7. The van der Waals surface area contributed by atoms with Crippen molar-refractivity contribution in [2.75, 3.05) is 31.6 Å². The normalized spacial score (nSPS) is 15.8. The van der Waals surface area contributed by atoms with E-state index in [0.29, 0.717) is 49.1 Å². The standard InChI is InChI=1S/C52H79N13O11S/c1-31(2)27-38(63-46(70)34(54)23-26-77-3)47(71)58-30-44(68)59-39(28-32-13-6-4-7-14-32)49(73)64-40(29-33-15-8-5-9-16-33)50(74)61-36(19-21-42(55)66)48(72)62-37(20-22-43(56)67)52(76)65-25-12-18-41(65)51(75)60-35(45(57)69)17-10-11-24-53/h4-9,13-16,31,34-41H,10-12,17-30,53-54H2,1-3H3,(H2,55,66)(H2,56,67)(H2,57,69)(H,58,71)(H,59,68)(H,60,75)(H,61,74)(H,62,72)(H,63,70)(H,64,73)/t34-,35-,36-,37-,38-,39-,40-,41-/m0/s1. The fraction of sp³-hybridized carbons (Fsp3) is 0.558.